The molecule has 0 unspecified atom stereocenters. The van der Waals surface area contributed by atoms with Crippen LogP contribution in [0.5, 0.6) is 0 Å². The highest BCUT2D eigenvalue weighted by Crippen LogP contribution is 2.25. The van der Waals surface area contributed by atoms with Crippen LogP contribution in [0.25, 0.3) is 0 Å². The second-order valence-corrected chi connectivity index (χ2v) is 16.7. The van der Waals surface area contributed by atoms with Crippen molar-refractivity contribution in [3.63, 3.8) is 0 Å². The summed E-state index contributed by atoms with van der Waals surface area (Å²) < 4.78 is 0. The highest BCUT2D eigenvalue weighted by molar-refractivity contribution is 6.95. The van der Waals surface area contributed by atoms with E-state index in [1.807, 2.05) is 0 Å². The SMILES string of the molecule is CC[Si](C)(C)C[Si](C)(C)CC. The van der Waals surface area contributed by atoms with E-state index in [1.165, 1.54) is 12.1 Å². The summed E-state index contributed by atoms with van der Waals surface area (Å²) in [5.74, 6) is 0. The molecule has 0 aliphatic rings. The third kappa shape index (κ3) is 4.80. The van der Waals surface area contributed by atoms with Crippen LogP contribution in [0.3, 0.4) is 0 Å². The molecular formula is C9H24Si2. The first-order chi connectivity index (χ1) is 4.83. The molecule has 0 aliphatic carbocycles. The van der Waals surface area contributed by atoms with E-state index < -0.39 is 16.1 Å². The third-order valence-corrected chi connectivity index (χ3v) is 14.4. The topological polar surface area (TPSA) is 0 Å². The monoisotopic (exact) mass is 188 g/mol. The summed E-state index contributed by atoms with van der Waals surface area (Å²) in [7, 11) is -1.54. The van der Waals surface area contributed by atoms with Crippen LogP contribution in [-0.4, -0.2) is 16.1 Å². The first kappa shape index (κ1) is 11.4. The van der Waals surface area contributed by atoms with E-state index in [-0.39, 0.29) is 0 Å². The maximum atomic E-state index is 2.54. The van der Waals surface area contributed by atoms with Gasteiger partial charge in [-0.05, 0) is 0 Å². The van der Waals surface area contributed by atoms with Crippen LogP contribution in [0.4, 0.5) is 0 Å². The average molecular weight is 188 g/mol. The van der Waals surface area contributed by atoms with Gasteiger partial charge >= 0.3 is 0 Å². The van der Waals surface area contributed by atoms with Gasteiger partial charge in [0, 0.05) is 16.1 Å². The molecule has 0 bridgehead atoms. The van der Waals surface area contributed by atoms with Crippen LogP contribution >= 0.6 is 0 Å². The van der Waals surface area contributed by atoms with Gasteiger partial charge in [-0.2, -0.15) is 0 Å². The molecule has 0 rings (SSSR count). The fraction of sp³-hybridized carbons (Fsp3) is 1.00. The van der Waals surface area contributed by atoms with Crippen LogP contribution in [0.1, 0.15) is 13.8 Å². The number of hydrogen-bond acceptors (Lipinski definition) is 0. The molecule has 0 aliphatic heterocycles. The Morgan fingerprint density at radius 2 is 1.00 bits per heavy atom. The molecule has 68 valence electrons. The highest BCUT2D eigenvalue weighted by Gasteiger charge is 2.28. The minimum Gasteiger partial charge on any atom is -0.0696 e. The maximum absolute atomic E-state index is 2.54. The van der Waals surface area contributed by atoms with Gasteiger partial charge in [0.25, 0.3) is 0 Å². The summed E-state index contributed by atoms with van der Waals surface area (Å²) in [5, 5.41) is 0. The van der Waals surface area contributed by atoms with Crippen LogP contribution in [0, 0.1) is 0 Å². The zero-order chi connectivity index (χ0) is 9.12. The standard InChI is InChI=1S/C9H24Si2/c1-7-10(3,4)9-11(5,6)8-2/h7-9H2,1-6H3. The minimum atomic E-state index is -0.772. The van der Waals surface area contributed by atoms with Crippen molar-refractivity contribution in [3.8, 4) is 0 Å². The van der Waals surface area contributed by atoms with Crippen LogP contribution < -0.4 is 0 Å². The first-order valence-corrected chi connectivity index (χ1v) is 11.7. The molecule has 0 heterocycles. The van der Waals surface area contributed by atoms with Crippen molar-refractivity contribution in [3.05, 3.63) is 0 Å². The van der Waals surface area contributed by atoms with Gasteiger partial charge in [0.2, 0.25) is 0 Å². The second-order valence-electron chi connectivity index (χ2n) is 5.21. The lowest BCUT2D eigenvalue weighted by atomic mass is 11.0. The van der Waals surface area contributed by atoms with Gasteiger partial charge in [-0.3, -0.25) is 0 Å². The molecule has 0 aromatic carbocycles. The number of rotatable bonds is 4. The predicted octanol–water partition coefficient (Wildman–Crippen LogP) is 3.98. The van der Waals surface area contributed by atoms with Crippen LogP contribution in [-0.2, 0) is 0 Å². The molecule has 0 nitrogen and oxygen atoms in total. The molecule has 2 heteroatoms. The fourth-order valence-corrected chi connectivity index (χ4v) is 13.9. The van der Waals surface area contributed by atoms with Gasteiger partial charge in [0.15, 0.2) is 0 Å². The molecule has 0 aromatic rings. The molecule has 0 saturated heterocycles. The zero-order valence-corrected chi connectivity index (χ0v) is 11.1. The second kappa shape index (κ2) is 3.90. The summed E-state index contributed by atoms with van der Waals surface area (Å²) in [6, 6.07) is 2.92. The van der Waals surface area contributed by atoms with Gasteiger partial charge in [0.05, 0.1) is 0 Å². The lowest BCUT2D eigenvalue weighted by Gasteiger charge is -2.30. The smallest absolute Gasteiger partial charge is 0.0444 e. The maximum Gasteiger partial charge on any atom is 0.0444 e. The molecule has 0 amide bonds. The van der Waals surface area contributed by atoms with E-state index >= 15 is 0 Å². The summed E-state index contributed by atoms with van der Waals surface area (Å²) in [4.78, 5) is 0. The third-order valence-electron chi connectivity index (χ3n) is 2.87. The Kier molecular flexibility index (Phi) is 4.05. The van der Waals surface area contributed by atoms with E-state index in [0.29, 0.717) is 0 Å². The molecule has 0 radical (unpaired) electrons. The Morgan fingerprint density at radius 1 is 0.727 bits per heavy atom. The van der Waals surface area contributed by atoms with Crippen molar-refractivity contribution in [2.75, 3.05) is 0 Å². The van der Waals surface area contributed by atoms with Crippen molar-refractivity contribution >= 4 is 16.1 Å². The highest BCUT2D eigenvalue weighted by atomic mass is 28.4. The van der Waals surface area contributed by atoms with Crippen molar-refractivity contribution in [1.82, 2.24) is 0 Å². The van der Waals surface area contributed by atoms with Crippen molar-refractivity contribution in [1.29, 1.82) is 0 Å². The van der Waals surface area contributed by atoms with Gasteiger partial charge < -0.3 is 0 Å². The molecule has 0 N–H and O–H groups in total. The lowest BCUT2D eigenvalue weighted by molar-refractivity contribution is 1.28. The largest absolute Gasteiger partial charge is 0.0696 e. The van der Waals surface area contributed by atoms with Crippen molar-refractivity contribution in [2.45, 2.75) is 57.8 Å². The average Bonchev–Trinajstić information content (AvgIpc) is 1.86. The molecule has 0 spiro atoms. The van der Waals surface area contributed by atoms with E-state index in [9.17, 15) is 0 Å². The molecule has 0 atom stereocenters. The van der Waals surface area contributed by atoms with Crippen molar-refractivity contribution in [2.24, 2.45) is 0 Å². The van der Waals surface area contributed by atoms with Gasteiger partial charge in [0.1, 0.15) is 0 Å². The summed E-state index contributed by atoms with van der Waals surface area (Å²) in [6.45, 7) is 14.9. The minimum absolute atomic E-state index is 0.772. The summed E-state index contributed by atoms with van der Waals surface area (Å²) in [5.41, 5.74) is 1.62. The zero-order valence-electron chi connectivity index (χ0n) is 9.12. The Balaban J connectivity index is 4.02. The quantitative estimate of drug-likeness (QED) is 0.585. The normalized spacial score (nSPS) is 13.6. The van der Waals surface area contributed by atoms with Gasteiger partial charge in [-0.15, -0.1) is 0 Å². The Labute approximate surface area is 74.4 Å². The summed E-state index contributed by atoms with van der Waals surface area (Å²) in [6.07, 6.45) is 0. The van der Waals surface area contributed by atoms with Gasteiger partial charge in [-0.1, -0.05) is 57.8 Å². The van der Waals surface area contributed by atoms with E-state index in [2.05, 4.69) is 40.0 Å². The molecule has 0 aromatic heterocycles. The number of hydrogen-bond donors (Lipinski definition) is 0. The van der Waals surface area contributed by atoms with Crippen molar-refractivity contribution < 1.29 is 0 Å². The van der Waals surface area contributed by atoms with Gasteiger partial charge in [-0.25, -0.2) is 0 Å². The molecule has 0 saturated carbocycles. The van der Waals surface area contributed by atoms with Crippen LogP contribution in [0.2, 0.25) is 43.9 Å². The van der Waals surface area contributed by atoms with Crippen LogP contribution in [0.15, 0.2) is 0 Å². The molecule has 0 fully saturated rings. The predicted molar refractivity (Wildman–Crippen MR) is 60.7 cm³/mol. The van der Waals surface area contributed by atoms with E-state index in [0.717, 1.165) is 0 Å². The van der Waals surface area contributed by atoms with E-state index in [4.69, 9.17) is 0 Å². The lowest BCUT2D eigenvalue weighted by Crippen LogP contribution is -2.38. The summed E-state index contributed by atoms with van der Waals surface area (Å²) >= 11 is 0. The molecule has 11 heavy (non-hydrogen) atoms. The van der Waals surface area contributed by atoms with E-state index in [1.54, 1.807) is 5.67 Å². The fourth-order valence-electron chi connectivity index (χ4n) is 1.55. The Morgan fingerprint density at radius 3 is 1.18 bits per heavy atom. The first-order valence-electron chi connectivity index (χ1n) is 4.83. The Hall–Kier alpha value is 0.434. The molecular weight excluding hydrogens is 164 g/mol. The Bertz CT molecular complexity index is 103.